The molecule has 2 unspecified atom stereocenters. The predicted octanol–water partition coefficient (Wildman–Crippen LogP) is 3.05. The molecule has 1 fully saturated rings. The monoisotopic (exact) mass is 276 g/mol. The van der Waals surface area contributed by atoms with E-state index in [2.05, 4.69) is 53.2 Å². The number of rotatable bonds is 2. The van der Waals surface area contributed by atoms with E-state index in [0.29, 0.717) is 6.04 Å². The fourth-order valence-corrected chi connectivity index (χ4v) is 4.49. The molecule has 0 aromatic heterocycles. The van der Waals surface area contributed by atoms with Gasteiger partial charge in [0.1, 0.15) is 0 Å². The lowest BCUT2D eigenvalue weighted by Crippen LogP contribution is -2.40. The van der Waals surface area contributed by atoms with Crippen LogP contribution in [-0.2, 0) is 6.54 Å². The van der Waals surface area contributed by atoms with Crippen molar-refractivity contribution in [2.45, 2.75) is 37.6 Å². The third kappa shape index (κ3) is 2.99. The topological polar surface area (TPSA) is 15.3 Å². The van der Waals surface area contributed by atoms with Crippen LogP contribution in [0.1, 0.15) is 36.9 Å². The molecule has 3 heteroatoms. The number of nitrogens with one attached hydrogen (secondary N) is 1. The first-order chi connectivity index (χ1) is 9.38. The van der Waals surface area contributed by atoms with Crippen LogP contribution in [0.5, 0.6) is 0 Å². The van der Waals surface area contributed by atoms with Crippen molar-refractivity contribution in [3.63, 3.8) is 0 Å². The van der Waals surface area contributed by atoms with Crippen LogP contribution in [-0.4, -0.2) is 35.5 Å². The summed E-state index contributed by atoms with van der Waals surface area (Å²) in [4.78, 5) is 2.73. The van der Waals surface area contributed by atoms with Crippen LogP contribution < -0.4 is 5.32 Å². The number of thioether (sulfide) groups is 1. The smallest absolute Gasteiger partial charge is 0.0364 e. The zero-order valence-electron chi connectivity index (χ0n) is 11.8. The molecular formula is C16H24N2S. The minimum atomic E-state index is 0.626. The fourth-order valence-electron chi connectivity index (χ4n) is 3.29. The van der Waals surface area contributed by atoms with Crippen molar-refractivity contribution in [3.05, 3.63) is 35.4 Å². The second-order valence-corrected chi connectivity index (χ2v) is 6.98. The third-order valence-corrected chi connectivity index (χ3v) is 5.76. The molecule has 1 aromatic carbocycles. The highest BCUT2D eigenvalue weighted by molar-refractivity contribution is 8.00. The molecule has 2 aliphatic heterocycles. The van der Waals surface area contributed by atoms with Crippen LogP contribution in [0.3, 0.4) is 0 Å². The Hall–Kier alpha value is -0.510. The van der Waals surface area contributed by atoms with Gasteiger partial charge in [0.15, 0.2) is 0 Å². The first-order valence-corrected chi connectivity index (χ1v) is 8.57. The summed E-state index contributed by atoms with van der Waals surface area (Å²) in [5.74, 6) is 1.30. The molecule has 1 aromatic rings. The molecule has 0 amide bonds. The quantitative estimate of drug-likeness (QED) is 0.894. The maximum atomic E-state index is 3.57. The van der Waals surface area contributed by atoms with Gasteiger partial charge < -0.3 is 5.32 Å². The summed E-state index contributed by atoms with van der Waals surface area (Å²) in [6, 6.07) is 9.63. The summed E-state index contributed by atoms with van der Waals surface area (Å²) in [6.45, 7) is 7.01. The van der Waals surface area contributed by atoms with Gasteiger partial charge in [-0.3, -0.25) is 4.90 Å². The Kier molecular flexibility index (Phi) is 4.46. The van der Waals surface area contributed by atoms with Gasteiger partial charge in [-0.25, -0.2) is 0 Å². The molecule has 1 N–H and O–H groups in total. The largest absolute Gasteiger partial charge is 0.313 e. The summed E-state index contributed by atoms with van der Waals surface area (Å²) in [7, 11) is 0. The van der Waals surface area contributed by atoms with Crippen molar-refractivity contribution in [1.82, 2.24) is 10.2 Å². The fraction of sp³-hybridized carbons (Fsp3) is 0.625. The van der Waals surface area contributed by atoms with E-state index >= 15 is 0 Å². The second-order valence-electron chi connectivity index (χ2n) is 5.58. The summed E-state index contributed by atoms with van der Waals surface area (Å²) >= 11 is 2.16. The average Bonchev–Trinajstić information content (AvgIpc) is 2.69. The Labute approximate surface area is 121 Å². The maximum Gasteiger partial charge on any atom is 0.0364 e. The molecule has 2 nitrogen and oxygen atoms in total. The van der Waals surface area contributed by atoms with Crippen LogP contribution >= 0.6 is 11.8 Å². The van der Waals surface area contributed by atoms with Gasteiger partial charge in [0.05, 0.1) is 0 Å². The molecular weight excluding hydrogens is 252 g/mol. The molecule has 3 rings (SSSR count). The highest BCUT2D eigenvalue weighted by Gasteiger charge is 2.28. The molecule has 0 saturated carbocycles. The van der Waals surface area contributed by atoms with Crippen molar-refractivity contribution < 1.29 is 0 Å². The van der Waals surface area contributed by atoms with Crippen LogP contribution in [0.25, 0.3) is 0 Å². The molecule has 2 atom stereocenters. The van der Waals surface area contributed by atoms with Gasteiger partial charge in [-0.15, -0.1) is 0 Å². The Morgan fingerprint density at radius 1 is 1.37 bits per heavy atom. The van der Waals surface area contributed by atoms with Gasteiger partial charge in [0.25, 0.3) is 0 Å². The lowest BCUT2D eigenvalue weighted by atomic mass is 9.97. The van der Waals surface area contributed by atoms with E-state index in [9.17, 15) is 0 Å². The van der Waals surface area contributed by atoms with Crippen LogP contribution in [0.15, 0.2) is 24.3 Å². The Bertz CT molecular complexity index is 421. The number of hydrogen-bond acceptors (Lipinski definition) is 3. The van der Waals surface area contributed by atoms with E-state index < -0.39 is 0 Å². The van der Waals surface area contributed by atoms with E-state index in [1.807, 2.05) is 0 Å². The van der Waals surface area contributed by atoms with Gasteiger partial charge >= 0.3 is 0 Å². The molecule has 0 aliphatic carbocycles. The molecule has 19 heavy (non-hydrogen) atoms. The van der Waals surface area contributed by atoms with Gasteiger partial charge in [0, 0.05) is 36.7 Å². The molecule has 2 heterocycles. The Morgan fingerprint density at radius 3 is 3.16 bits per heavy atom. The van der Waals surface area contributed by atoms with Crippen molar-refractivity contribution in [1.29, 1.82) is 0 Å². The number of benzene rings is 1. The van der Waals surface area contributed by atoms with Gasteiger partial charge in [-0.2, -0.15) is 11.8 Å². The van der Waals surface area contributed by atoms with E-state index in [-0.39, 0.29) is 0 Å². The van der Waals surface area contributed by atoms with Crippen molar-refractivity contribution in [2.75, 3.05) is 25.4 Å². The first kappa shape index (κ1) is 13.5. The highest BCUT2D eigenvalue weighted by Crippen LogP contribution is 2.33. The minimum Gasteiger partial charge on any atom is -0.313 e. The molecule has 0 radical (unpaired) electrons. The van der Waals surface area contributed by atoms with Crippen LogP contribution in [0, 0.1) is 0 Å². The third-order valence-electron chi connectivity index (χ3n) is 4.39. The summed E-state index contributed by atoms with van der Waals surface area (Å²) in [6.07, 6.45) is 2.55. The molecule has 2 aliphatic rings. The lowest BCUT2D eigenvalue weighted by molar-refractivity contribution is 0.195. The van der Waals surface area contributed by atoms with Crippen molar-refractivity contribution >= 4 is 11.8 Å². The Morgan fingerprint density at radius 2 is 2.26 bits per heavy atom. The minimum absolute atomic E-state index is 0.626. The summed E-state index contributed by atoms with van der Waals surface area (Å²) in [5, 5.41) is 4.40. The van der Waals surface area contributed by atoms with Crippen LogP contribution in [0.2, 0.25) is 0 Å². The van der Waals surface area contributed by atoms with Gasteiger partial charge in [0.2, 0.25) is 0 Å². The normalized spacial score (nSPS) is 28.7. The Balaban J connectivity index is 1.83. The van der Waals surface area contributed by atoms with E-state index in [1.54, 1.807) is 5.56 Å². The predicted molar refractivity (Wildman–Crippen MR) is 83.6 cm³/mol. The van der Waals surface area contributed by atoms with Crippen LogP contribution in [0.4, 0.5) is 0 Å². The zero-order chi connectivity index (χ0) is 13.1. The number of nitrogens with zero attached hydrogens (tertiary/aromatic N) is 1. The van der Waals surface area contributed by atoms with Crippen molar-refractivity contribution in [2.24, 2.45) is 0 Å². The lowest BCUT2D eigenvalue weighted by Gasteiger charge is -2.38. The first-order valence-electron chi connectivity index (χ1n) is 7.52. The summed E-state index contributed by atoms with van der Waals surface area (Å²) in [5.41, 5.74) is 3.06. The summed E-state index contributed by atoms with van der Waals surface area (Å²) < 4.78 is 0. The average molecular weight is 276 g/mol. The van der Waals surface area contributed by atoms with E-state index in [1.165, 1.54) is 37.2 Å². The van der Waals surface area contributed by atoms with Crippen molar-refractivity contribution in [3.8, 4) is 0 Å². The molecule has 1 saturated heterocycles. The van der Waals surface area contributed by atoms with E-state index in [4.69, 9.17) is 0 Å². The SMILES string of the molecule is CCC1CN(C2CCNCc3ccccc32)CCS1. The standard InChI is InChI=1S/C16H24N2S/c1-2-14-12-18(9-10-19-14)16-7-8-17-11-13-5-3-4-6-15(13)16/h3-6,14,16-17H,2,7-12H2,1H3. The molecule has 0 spiro atoms. The number of fused-ring (bicyclic) bond motifs is 1. The maximum absolute atomic E-state index is 3.57. The number of hydrogen-bond donors (Lipinski definition) is 1. The molecule has 0 bridgehead atoms. The van der Waals surface area contributed by atoms with Gasteiger partial charge in [-0.05, 0) is 30.5 Å². The van der Waals surface area contributed by atoms with E-state index in [0.717, 1.165) is 18.3 Å². The molecule has 104 valence electrons. The zero-order valence-corrected chi connectivity index (χ0v) is 12.6. The highest BCUT2D eigenvalue weighted by atomic mass is 32.2. The second kappa shape index (κ2) is 6.29. The van der Waals surface area contributed by atoms with Gasteiger partial charge in [-0.1, -0.05) is 31.2 Å².